The second-order valence-electron chi connectivity index (χ2n) is 3.08. The summed E-state index contributed by atoms with van der Waals surface area (Å²) in [5.41, 5.74) is 1.02. The molecule has 0 N–H and O–H groups in total. The number of hydrogen-bond donors (Lipinski definition) is 0. The summed E-state index contributed by atoms with van der Waals surface area (Å²) < 4.78 is 35.9. The number of rotatable bonds is 3. The Morgan fingerprint density at radius 3 is 2.25 bits per heavy atom. The first-order valence-corrected chi connectivity index (χ1v) is 4.10. The van der Waals surface area contributed by atoms with Gasteiger partial charge in [-0.2, -0.15) is 13.2 Å². The molecule has 0 aliphatic heterocycles. The Kier molecular flexibility index (Phi) is 4.35. The van der Waals surface area contributed by atoms with E-state index in [0.29, 0.717) is 0 Å². The Morgan fingerprint density at radius 1 is 1.42 bits per heavy atom. The standard InChI is InChI=1S/C9H15F3/c1-4-7(2)5-6-8(3)9(10,11)12/h5,8H,4,6H2,1-3H3/b7-5-. The average Bonchev–Trinajstić information content (AvgIpc) is 1.97. The van der Waals surface area contributed by atoms with E-state index in [0.717, 1.165) is 12.0 Å². The summed E-state index contributed by atoms with van der Waals surface area (Å²) in [5, 5.41) is 0. The quantitative estimate of drug-likeness (QED) is 0.577. The molecule has 0 saturated heterocycles. The molecule has 0 rings (SSSR count). The molecule has 0 bridgehead atoms. The maximum atomic E-state index is 12.0. The van der Waals surface area contributed by atoms with Gasteiger partial charge in [-0.1, -0.05) is 25.5 Å². The fourth-order valence-electron chi connectivity index (χ4n) is 0.656. The van der Waals surface area contributed by atoms with Crippen LogP contribution in [0.4, 0.5) is 13.2 Å². The normalized spacial score (nSPS) is 16.3. The lowest BCUT2D eigenvalue weighted by atomic mass is 10.1. The molecular formula is C9H15F3. The average molecular weight is 180 g/mol. The monoisotopic (exact) mass is 180 g/mol. The summed E-state index contributed by atoms with van der Waals surface area (Å²) in [5.74, 6) is -1.22. The maximum Gasteiger partial charge on any atom is 0.391 e. The second kappa shape index (κ2) is 4.53. The highest BCUT2D eigenvalue weighted by molar-refractivity contribution is 4.97. The van der Waals surface area contributed by atoms with Crippen molar-refractivity contribution < 1.29 is 13.2 Å². The molecule has 0 radical (unpaired) electrons. The Bertz CT molecular complexity index is 156. The summed E-state index contributed by atoms with van der Waals surface area (Å²) in [7, 11) is 0. The molecule has 72 valence electrons. The van der Waals surface area contributed by atoms with Gasteiger partial charge in [0.1, 0.15) is 0 Å². The van der Waals surface area contributed by atoms with Gasteiger partial charge in [0.15, 0.2) is 0 Å². The minimum absolute atomic E-state index is 0.100. The van der Waals surface area contributed by atoms with Crippen molar-refractivity contribution in [1.82, 2.24) is 0 Å². The van der Waals surface area contributed by atoms with E-state index in [2.05, 4.69) is 0 Å². The summed E-state index contributed by atoms with van der Waals surface area (Å²) in [6.45, 7) is 4.99. The van der Waals surface area contributed by atoms with Crippen LogP contribution in [-0.2, 0) is 0 Å². The third kappa shape index (κ3) is 4.42. The van der Waals surface area contributed by atoms with Crippen molar-refractivity contribution in [3.63, 3.8) is 0 Å². The van der Waals surface area contributed by atoms with Gasteiger partial charge in [0.05, 0.1) is 5.92 Å². The number of alkyl halides is 3. The number of hydrogen-bond acceptors (Lipinski definition) is 0. The molecule has 0 nitrogen and oxygen atoms in total. The molecule has 1 unspecified atom stereocenters. The molecule has 12 heavy (non-hydrogen) atoms. The molecule has 1 atom stereocenters. The highest BCUT2D eigenvalue weighted by atomic mass is 19.4. The van der Waals surface area contributed by atoms with E-state index in [-0.39, 0.29) is 6.42 Å². The minimum atomic E-state index is -4.05. The molecule has 0 aromatic rings. The first kappa shape index (κ1) is 11.5. The lowest BCUT2D eigenvalue weighted by molar-refractivity contribution is -0.168. The van der Waals surface area contributed by atoms with Crippen molar-refractivity contribution in [2.75, 3.05) is 0 Å². The van der Waals surface area contributed by atoms with E-state index in [1.54, 1.807) is 6.08 Å². The first-order chi connectivity index (χ1) is 5.38. The maximum absolute atomic E-state index is 12.0. The molecule has 0 aromatic carbocycles. The van der Waals surface area contributed by atoms with E-state index in [4.69, 9.17) is 0 Å². The van der Waals surface area contributed by atoms with Crippen LogP contribution in [0.2, 0.25) is 0 Å². The van der Waals surface area contributed by atoms with Crippen LogP contribution in [0.15, 0.2) is 11.6 Å². The number of halogens is 3. The highest BCUT2D eigenvalue weighted by Gasteiger charge is 2.34. The van der Waals surface area contributed by atoms with Crippen LogP contribution in [0.1, 0.15) is 33.6 Å². The van der Waals surface area contributed by atoms with Gasteiger partial charge in [-0.15, -0.1) is 0 Å². The van der Waals surface area contributed by atoms with Crippen LogP contribution in [-0.4, -0.2) is 6.18 Å². The third-order valence-corrected chi connectivity index (χ3v) is 1.94. The molecule has 3 heteroatoms. The van der Waals surface area contributed by atoms with E-state index >= 15 is 0 Å². The number of allylic oxidation sites excluding steroid dienone is 2. The van der Waals surface area contributed by atoms with Crippen LogP contribution >= 0.6 is 0 Å². The molecule has 0 fully saturated rings. The van der Waals surface area contributed by atoms with Gasteiger partial charge in [-0.25, -0.2) is 0 Å². The minimum Gasteiger partial charge on any atom is -0.171 e. The summed E-state index contributed by atoms with van der Waals surface area (Å²) >= 11 is 0. The van der Waals surface area contributed by atoms with Gasteiger partial charge >= 0.3 is 6.18 Å². The molecule has 0 aliphatic rings. The predicted octanol–water partition coefficient (Wildman–Crippen LogP) is 3.93. The van der Waals surface area contributed by atoms with E-state index in [1.807, 2.05) is 13.8 Å². The topological polar surface area (TPSA) is 0 Å². The Morgan fingerprint density at radius 2 is 1.92 bits per heavy atom. The molecular weight excluding hydrogens is 165 g/mol. The van der Waals surface area contributed by atoms with Crippen LogP contribution in [0, 0.1) is 5.92 Å². The van der Waals surface area contributed by atoms with Crippen molar-refractivity contribution in [3.8, 4) is 0 Å². The van der Waals surface area contributed by atoms with Crippen LogP contribution in [0.25, 0.3) is 0 Å². The summed E-state index contributed by atoms with van der Waals surface area (Å²) in [4.78, 5) is 0. The lowest BCUT2D eigenvalue weighted by Crippen LogP contribution is -2.18. The Labute approximate surface area is 71.5 Å². The zero-order valence-corrected chi connectivity index (χ0v) is 7.70. The van der Waals surface area contributed by atoms with E-state index in [1.165, 1.54) is 6.92 Å². The lowest BCUT2D eigenvalue weighted by Gasteiger charge is -2.13. The molecule has 0 spiro atoms. The fraction of sp³-hybridized carbons (Fsp3) is 0.778. The Balaban J connectivity index is 3.94. The van der Waals surface area contributed by atoms with Crippen molar-refractivity contribution in [2.45, 2.75) is 39.8 Å². The van der Waals surface area contributed by atoms with Crippen molar-refractivity contribution >= 4 is 0 Å². The summed E-state index contributed by atoms with van der Waals surface area (Å²) in [6.07, 6.45) is -1.46. The molecule has 0 amide bonds. The second-order valence-corrected chi connectivity index (χ2v) is 3.08. The largest absolute Gasteiger partial charge is 0.391 e. The van der Waals surface area contributed by atoms with Gasteiger partial charge in [0.25, 0.3) is 0 Å². The van der Waals surface area contributed by atoms with Crippen LogP contribution < -0.4 is 0 Å². The molecule has 0 saturated carbocycles. The van der Waals surface area contributed by atoms with Gasteiger partial charge < -0.3 is 0 Å². The first-order valence-electron chi connectivity index (χ1n) is 4.10. The van der Waals surface area contributed by atoms with Gasteiger partial charge in [-0.05, 0) is 19.8 Å². The van der Waals surface area contributed by atoms with Crippen molar-refractivity contribution in [3.05, 3.63) is 11.6 Å². The Hall–Kier alpha value is -0.470. The summed E-state index contributed by atoms with van der Waals surface area (Å²) in [6, 6.07) is 0. The fourth-order valence-corrected chi connectivity index (χ4v) is 0.656. The van der Waals surface area contributed by atoms with Gasteiger partial charge in [-0.3, -0.25) is 0 Å². The van der Waals surface area contributed by atoms with Crippen LogP contribution in [0.5, 0.6) is 0 Å². The SMILES string of the molecule is CC/C(C)=C\CC(C)C(F)(F)F. The van der Waals surface area contributed by atoms with Crippen LogP contribution in [0.3, 0.4) is 0 Å². The van der Waals surface area contributed by atoms with Crippen molar-refractivity contribution in [2.24, 2.45) is 5.92 Å². The predicted molar refractivity (Wildman–Crippen MR) is 43.9 cm³/mol. The molecule has 0 aliphatic carbocycles. The zero-order chi connectivity index (χ0) is 9.78. The smallest absolute Gasteiger partial charge is 0.171 e. The van der Waals surface area contributed by atoms with E-state index in [9.17, 15) is 13.2 Å². The highest BCUT2D eigenvalue weighted by Crippen LogP contribution is 2.28. The molecule has 0 heterocycles. The van der Waals surface area contributed by atoms with E-state index < -0.39 is 12.1 Å². The van der Waals surface area contributed by atoms with Crippen molar-refractivity contribution in [1.29, 1.82) is 0 Å². The van der Waals surface area contributed by atoms with Gasteiger partial charge in [0.2, 0.25) is 0 Å². The van der Waals surface area contributed by atoms with Gasteiger partial charge in [0, 0.05) is 0 Å². The zero-order valence-electron chi connectivity index (χ0n) is 7.70. The third-order valence-electron chi connectivity index (χ3n) is 1.94. The molecule has 0 aromatic heterocycles.